The number of hydrogen-bond donors (Lipinski definition) is 0. The van der Waals surface area contributed by atoms with Crippen LogP contribution in [0.4, 0.5) is 0 Å². The van der Waals surface area contributed by atoms with Crippen LogP contribution in [-0.2, 0) is 4.79 Å². The van der Waals surface area contributed by atoms with Gasteiger partial charge in [0, 0.05) is 18.5 Å². The van der Waals surface area contributed by atoms with Crippen molar-refractivity contribution in [2.24, 2.45) is 5.92 Å². The maximum atomic E-state index is 12.0. The maximum absolute atomic E-state index is 12.0. The van der Waals surface area contributed by atoms with Crippen LogP contribution >= 0.6 is 0 Å². The summed E-state index contributed by atoms with van der Waals surface area (Å²) in [7, 11) is 0. The van der Waals surface area contributed by atoms with Crippen molar-refractivity contribution in [3.05, 3.63) is 0 Å². The molecule has 0 aromatic heterocycles. The van der Waals surface area contributed by atoms with Gasteiger partial charge in [0.25, 0.3) is 0 Å². The van der Waals surface area contributed by atoms with Gasteiger partial charge in [-0.05, 0) is 19.8 Å². The molecule has 2 heteroatoms. The summed E-state index contributed by atoms with van der Waals surface area (Å²) in [6, 6.07) is 0.386. The van der Waals surface area contributed by atoms with Crippen LogP contribution in [0.3, 0.4) is 0 Å². The highest BCUT2D eigenvalue weighted by Crippen LogP contribution is 2.11. The molecule has 96 valence electrons. The zero-order valence-corrected chi connectivity index (χ0v) is 11.8. The Morgan fingerprint density at radius 1 is 1.06 bits per heavy atom. The van der Waals surface area contributed by atoms with Gasteiger partial charge >= 0.3 is 0 Å². The summed E-state index contributed by atoms with van der Waals surface area (Å²) in [4.78, 5) is 14.1. The maximum Gasteiger partial charge on any atom is 0.225 e. The predicted molar refractivity (Wildman–Crippen MR) is 70.4 cm³/mol. The second-order valence-corrected chi connectivity index (χ2v) is 5.00. The Labute approximate surface area is 101 Å². The van der Waals surface area contributed by atoms with Crippen LogP contribution in [0, 0.1) is 5.92 Å². The highest BCUT2D eigenvalue weighted by Gasteiger charge is 2.20. The van der Waals surface area contributed by atoms with Gasteiger partial charge < -0.3 is 4.90 Å². The fourth-order valence-corrected chi connectivity index (χ4v) is 1.81. The van der Waals surface area contributed by atoms with Gasteiger partial charge in [0.05, 0.1) is 0 Å². The fraction of sp³-hybridized carbons (Fsp3) is 0.929. The molecule has 0 bridgehead atoms. The fourth-order valence-electron chi connectivity index (χ4n) is 1.81. The minimum absolute atomic E-state index is 0.125. The lowest BCUT2D eigenvalue weighted by molar-refractivity contribution is -0.136. The Morgan fingerprint density at radius 3 is 2.12 bits per heavy atom. The molecular formula is C14H29NO. The molecule has 1 unspecified atom stereocenters. The highest BCUT2D eigenvalue weighted by atomic mass is 16.2. The van der Waals surface area contributed by atoms with Gasteiger partial charge in [-0.15, -0.1) is 0 Å². The van der Waals surface area contributed by atoms with Crippen molar-refractivity contribution < 1.29 is 4.79 Å². The normalized spacial score (nSPS) is 12.9. The van der Waals surface area contributed by atoms with Crippen LogP contribution in [0.2, 0.25) is 0 Å². The number of rotatable bonds is 8. The SMILES string of the molecule is CCCCCCN(C(=O)C(C)C)C(C)CC. The lowest BCUT2D eigenvalue weighted by Crippen LogP contribution is -2.41. The molecule has 0 rings (SSSR count). The van der Waals surface area contributed by atoms with Gasteiger partial charge in [0.2, 0.25) is 5.91 Å². The summed E-state index contributed by atoms with van der Waals surface area (Å²) < 4.78 is 0. The Bertz CT molecular complexity index is 189. The van der Waals surface area contributed by atoms with Crippen molar-refractivity contribution in [2.75, 3.05) is 6.54 Å². The minimum Gasteiger partial charge on any atom is -0.340 e. The number of amides is 1. The monoisotopic (exact) mass is 227 g/mol. The van der Waals surface area contributed by atoms with E-state index in [1.165, 1.54) is 19.3 Å². The molecule has 0 saturated carbocycles. The van der Waals surface area contributed by atoms with Crippen LogP contribution in [0.15, 0.2) is 0 Å². The molecule has 0 aromatic carbocycles. The Hall–Kier alpha value is -0.530. The molecule has 0 heterocycles. The summed E-state index contributed by atoms with van der Waals surface area (Å²) >= 11 is 0. The molecular weight excluding hydrogens is 198 g/mol. The first-order valence-electron chi connectivity index (χ1n) is 6.85. The van der Waals surface area contributed by atoms with Gasteiger partial charge in [-0.1, -0.05) is 47.0 Å². The molecule has 16 heavy (non-hydrogen) atoms. The number of unbranched alkanes of at least 4 members (excludes halogenated alkanes) is 3. The van der Waals surface area contributed by atoms with Crippen LogP contribution in [0.5, 0.6) is 0 Å². The average Bonchev–Trinajstić information content (AvgIpc) is 2.27. The molecule has 0 N–H and O–H groups in total. The molecule has 0 aliphatic heterocycles. The van der Waals surface area contributed by atoms with Crippen LogP contribution in [0.25, 0.3) is 0 Å². The quantitative estimate of drug-likeness (QED) is 0.577. The third-order valence-corrected chi connectivity index (χ3v) is 3.15. The van der Waals surface area contributed by atoms with E-state index in [1.807, 2.05) is 13.8 Å². The van der Waals surface area contributed by atoms with Gasteiger partial charge in [-0.2, -0.15) is 0 Å². The second-order valence-electron chi connectivity index (χ2n) is 5.00. The van der Waals surface area contributed by atoms with Crippen LogP contribution < -0.4 is 0 Å². The third kappa shape index (κ3) is 5.53. The van der Waals surface area contributed by atoms with E-state index in [9.17, 15) is 4.79 Å². The second kappa shape index (κ2) is 8.60. The molecule has 1 amide bonds. The Morgan fingerprint density at radius 2 is 1.69 bits per heavy atom. The van der Waals surface area contributed by atoms with Crippen molar-refractivity contribution in [3.8, 4) is 0 Å². The number of hydrogen-bond acceptors (Lipinski definition) is 1. The first kappa shape index (κ1) is 15.5. The molecule has 0 radical (unpaired) electrons. The van der Waals surface area contributed by atoms with Gasteiger partial charge in [0.15, 0.2) is 0 Å². The van der Waals surface area contributed by atoms with E-state index in [-0.39, 0.29) is 5.92 Å². The third-order valence-electron chi connectivity index (χ3n) is 3.15. The lowest BCUT2D eigenvalue weighted by Gasteiger charge is -2.30. The topological polar surface area (TPSA) is 20.3 Å². The van der Waals surface area contributed by atoms with Crippen molar-refractivity contribution in [1.29, 1.82) is 0 Å². The molecule has 0 spiro atoms. The van der Waals surface area contributed by atoms with E-state index in [0.717, 1.165) is 19.4 Å². The number of carbonyl (C=O) groups is 1. The number of carbonyl (C=O) groups excluding carboxylic acids is 1. The molecule has 0 saturated heterocycles. The summed E-state index contributed by atoms with van der Waals surface area (Å²) in [6.07, 6.45) is 5.98. The molecule has 2 nitrogen and oxygen atoms in total. The van der Waals surface area contributed by atoms with E-state index in [0.29, 0.717) is 11.9 Å². The van der Waals surface area contributed by atoms with E-state index in [2.05, 4.69) is 25.7 Å². The van der Waals surface area contributed by atoms with E-state index in [4.69, 9.17) is 0 Å². The van der Waals surface area contributed by atoms with Crippen molar-refractivity contribution >= 4 is 5.91 Å². The van der Waals surface area contributed by atoms with Crippen molar-refractivity contribution in [3.63, 3.8) is 0 Å². The van der Waals surface area contributed by atoms with E-state index < -0.39 is 0 Å². The van der Waals surface area contributed by atoms with Crippen molar-refractivity contribution in [1.82, 2.24) is 4.90 Å². The molecule has 1 atom stereocenters. The first-order valence-corrected chi connectivity index (χ1v) is 6.85. The lowest BCUT2D eigenvalue weighted by atomic mass is 10.1. The highest BCUT2D eigenvalue weighted by molar-refractivity contribution is 5.78. The molecule has 0 aliphatic rings. The minimum atomic E-state index is 0.125. The van der Waals surface area contributed by atoms with Crippen molar-refractivity contribution in [2.45, 2.75) is 72.8 Å². The molecule has 0 fully saturated rings. The predicted octanol–water partition coefficient (Wildman–Crippen LogP) is 3.85. The summed E-state index contributed by atoms with van der Waals surface area (Å²) in [5.74, 6) is 0.436. The van der Waals surface area contributed by atoms with E-state index in [1.54, 1.807) is 0 Å². The average molecular weight is 227 g/mol. The summed E-state index contributed by atoms with van der Waals surface area (Å²) in [5.41, 5.74) is 0. The first-order chi connectivity index (χ1) is 7.54. The number of nitrogens with zero attached hydrogens (tertiary/aromatic N) is 1. The van der Waals surface area contributed by atoms with Gasteiger partial charge in [-0.25, -0.2) is 0 Å². The van der Waals surface area contributed by atoms with Crippen LogP contribution in [0.1, 0.15) is 66.7 Å². The molecule has 0 aromatic rings. The van der Waals surface area contributed by atoms with E-state index >= 15 is 0 Å². The zero-order chi connectivity index (χ0) is 12.6. The molecule has 0 aliphatic carbocycles. The largest absolute Gasteiger partial charge is 0.340 e. The van der Waals surface area contributed by atoms with Crippen LogP contribution in [-0.4, -0.2) is 23.4 Å². The zero-order valence-electron chi connectivity index (χ0n) is 11.8. The van der Waals surface area contributed by atoms with Gasteiger partial charge in [-0.3, -0.25) is 4.79 Å². The summed E-state index contributed by atoms with van der Waals surface area (Å²) in [5, 5.41) is 0. The Balaban J connectivity index is 4.16. The standard InChI is InChI=1S/C14H29NO/c1-6-8-9-10-11-15(13(5)7-2)14(16)12(3)4/h12-13H,6-11H2,1-5H3. The summed E-state index contributed by atoms with van der Waals surface area (Å²) in [6.45, 7) is 11.4. The van der Waals surface area contributed by atoms with Gasteiger partial charge in [0.1, 0.15) is 0 Å². The Kier molecular flexibility index (Phi) is 8.32. The smallest absolute Gasteiger partial charge is 0.225 e.